The summed E-state index contributed by atoms with van der Waals surface area (Å²) in [6, 6.07) is 7.94. The van der Waals surface area contributed by atoms with E-state index in [4.69, 9.17) is 16.1 Å². The van der Waals surface area contributed by atoms with Gasteiger partial charge in [-0.3, -0.25) is 0 Å². The lowest BCUT2D eigenvalue weighted by Crippen LogP contribution is -2.27. The van der Waals surface area contributed by atoms with Gasteiger partial charge in [-0.25, -0.2) is 0 Å². The first-order valence-corrected chi connectivity index (χ1v) is 6.99. The zero-order valence-corrected chi connectivity index (χ0v) is 11.4. The smallest absolute Gasteiger partial charge is 0.243 e. The van der Waals surface area contributed by atoms with E-state index in [1.54, 1.807) is 0 Å². The average molecular weight is 278 g/mol. The van der Waals surface area contributed by atoms with Crippen LogP contribution in [0.1, 0.15) is 42.6 Å². The van der Waals surface area contributed by atoms with Crippen molar-refractivity contribution in [2.24, 2.45) is 0 Å². The fourth-order valence-electron chi connectivity index (χ4n) is 2.33. The monoisotopic (exact) mass is 277 g/mol. The molecule has 3 rings (SSSR count). The highest BCUT2D eigenvalue weighted by atomic mass is 35.5. The van der Waals surface area contributed by atoms with E-state index in [0.29, 0.717) is 12.3 Å². The minimum absolute atomic E-state index is 0.222. The first-order chi connectivity index (χ1) is 9.31. The number of nitrogens with one attached hydrogen (secondary N) is 1. The highest BCUT2D eigenvalue weighted by molar-refractivity contribution is 6.30. The minimum Gasteiger partial charge on any atom is -0.338 e. The largest absolute Gasteiger partial charge is 0.338 e. The van der Waals surface area contributed by atoms with Gasteiger partial charge in [-0.1, -0.05) is 35.3 Å². The van der Waals surface area contributed by atoms with Crippen molar-refractivity contribution in [2.75, 3.05) is 6.54 Å². The maximum absolute atomic E-state index is 5.86. The molecule has 1 N–H and O–H groups in total. The Morgan fingerprint density at radius 2 is 2.11 bits per heavy atom. The second-order valence-electron chi connectivity index (χ2n) is 4.85. The van der Waals surface area contributed by atoms with E-state index in [1.807, 2.05) is 24.3 Å². The molecule has 1 atom stereocenters. The Bertz CT molecular complexity index is 532. The molecule has 0 bridgehead atoms. The highest BCUT2D eigenvalue weighted by Gasteiger charge is 2.20. The van der Waals surface area contributed by atoms with E-state index in [-0.39, 0.29) is 6.04 Å². The van der Waals surface area contributed by atoms with Gasteiger partial charge < -0.3 is 9.84 Å². The Balaban J connectivity index is 1.68. The van der Waals surface area contributed by atoms with Gasteiger partial charge in [0.25, 0.3) is 0 Å². The normalized spacial score (nSPS) is 19.5. The molecule has 2 aromatic rings. The van der Waals surface area contributed by atoms with E-state index in [0.717, 1.165) is 29.4 Å². The van der Waals surface area contributed by atoms with E-state index < -0.39 is 0 Å². The maximum Gasteiger partial charge on any atom is 0.243 e. The predicted octanol–water partition coefficient (Wildman–Crippen LogP) is 3.13. The fourth-order valence-corrected chi connectivity index (χ4v) is 2.45. The molecule has 1 aromatic heterocycles. The van der Waals surface area contributed by atoms with Gasteiger partial charge in [0.2, 0.25) is 5.89 Å². The zero-order valence-electron chi connectivity index (χ0n) is 10.6. The van der Waals surface area contributed by atoms with Crippen LogP contribution in [0.2, 0.25) is 5.02 Å². The van der Waals surface area contributed by atoms with Crippen LogP contribution in [0, 0.1) is 0 Å². The third-order valence-corrected chi connectivity index (χ3v) is 3.62. The molecule has 4 nitrogen and oxygen atoms in total. The van der Waals surface area contributed by atoms with Crippen LogP contribution in [-0.4, -0.2) is 16.7 Å². The first-order valence-electron chi connectivity index (χ1n) is 6.61. The summed E-state index contributed by atoms with van der Waals surface area (Å²) in [4.78, 5) is 4.48. The van der Waals surface area contributed by atoms with Crippen molar-refractivity contribution in [3.63, 3.8) is 0 Å². The lowest BCUT2D eigenvalue weighted by Gasteiger charge is -2.19. The molecule has 0 unspecified atom stereocenters. The van der Waals surface area contributed by atoms with Crippen LogP contribution in [0.3, 0.4) is 0 Å². The van der Waals surface area contributed by atoms with E-state index in [9.17, 15) is 0 Å². The standard InChI is InChI=1S/C14H16ClN3O/c15-11-6-4-10(5-7-11)9-13-17-14(19-18-13)12-3-1-2-8-16-12/h4-7,12,16H,1-3,8-9H2/t12-/m0/s1. The summed E-state index contributed by atoms with van der Waals surface area (Å²) in [6.45, 7) is 1.03. The number of hydrogen-bond acceptors (Lipinski definition) is 4. The average Bonchev–Trinajstić information content (AvgIpc) is 2.91. The Morgan fingerprint density at radius 1 is 1.26 bits per heavy atom. The lowest BCUT2D eigenvalue weighted by molar-refractivity contribution is 0.296. The Morgan fingerprint density at radius 3 is 2.84 bits per heavy atom. The molecule has 0 amide bonds. The van der Waals surface area contributed by atoms with Crippen LogP contribution < -0.4 is 5.32 Å². The summed E-state index contributed by atoms with van der Waals surface area (Å²) >= 11 is 5.86. The van der Waals surface area contributed by atoms with Gasteiger partial charge in [0.1, 0.15) is 0 Å². The fraction of sp³-hybridized carbons (Fsp3) is 0.429. The third kappa shape index (κ3) is 3.14. The van der Waals surface area contributed by atoms with Gasteiger partial charge in [-0.05, 0) is 37.1 Å². The molecule has 19 heavy (non-hydrogen) atoms. The quantitative estimate of drug-likeness (QED) is 0.936. The second kappa shape index (κ2) is 5.72. The van der Waals surface area contributed by atoms with Gasteiger partial charge in [0.05, 0.1) is 6.04 Å². The van der Waals surface area contributed by atoms with E-state index >= 15 is 0 Å². The van der Waals surface area contributed by atoms with E-state index in [1.165, 1.54) is 12.8 Å². The molecule has 1 aromatic carbocycles. The van der Waals surface area contributed by atoms with Crippen molar-refractivity contribution in [3.8, 4) is 0 Å². The number of aromatic nitrogens is 2. The summed E-state index contributed by atoms with van der Waals surface area (Å²) in [5, 5.41) is 8.20. The predicted molar refractivity (Wildman–Crippen MR) is 73.2 cm³/mol. The summed E-state index contributed by atoms with van der Waals surface area (Å²) < 4.78 is 5.35. The first kappa shape index (κ1) is 12.6. The van der Waals surface area contributed by atoms with Crippen LogP contribution in [0.15, 0.2) is 28.8 Å². The lowest BCUT2D eigenvalue weighted by atomic mass is 10.1. The van der Waals surface area contributed by atoms with Crippen LogP contribution >= 0.6 is 11.6 Å². The molecule has 1 fully saturated rings. The van der Waals surface area contributed by atoms with Crippen LogP contribution in [0.25, 0.3) is 0 Å². The SMILES string of the molecule is Clc1ccc(Cc2noc([C@@H]3CCCCN3)n2)cc1. The number of benzene rings is 1. The highest BCUT2D eigenvalue weighted by Crippen LogP contribution is 2.21. The van der Waals surface area contributed by atoms with Gasteiger partial charge in [0, 0.05) is 11.4 Å². The number of halogens is 1. The van der Waals surface area contributed by atoms with Gasteiger partial charge >= 0.3 is 0 Å². The minimum atomic E-state index is 0.222. The molecule has 0 radical (unpaired) electrons. The van der Waals surface area contributed by atoms with Crippen molar-refractivity contribution >= 4 is 11.6 Å². The van der Waals surface area contributed by atoms with Crippen molar-refractivity contribution in [1.29, 1.82) is 0 Å². The van der Waals surface area contributed by atoms with Crippen molar-refractivity contribution < 1.29 is 4.52 Å². The van der Waals surface area contributed by atoms with Gasteiger partial charge in [0.15, 0.2) is 5.82 Å². The number of rotatable bonds is 3. The molecular formula is C14H16ClN3O. The number of hydrogen-bond donors (Lipinski definition) is 1. The van der Waals surface area contributed by atoms with Crippen LogP contribution in [0.4, 0.5) is 0 Å². The van der Waals surface area contributed by atoms with Gasteiger partial charge in [-0.2, -0.15) is 4.98 Å². The molecular weight excluding hydrogens is 262 g/mol. The van der Waals surface area contributed by atoms with Crippen molar-refractivity contribution in [1.82, 2.24) is 15.5 Å². The van der Waals surface area contributed by atoms with Crippen molar-refractivity contribution in [2.45, 2.75) is 31.7 Å². The summed E-state index contributed by atoms with van der Waals surface area (Å²) in [5.41, 5.74) is 1.13. The third-order valence-electron chi connectivity index (χ3n) is 3.37. The van der Waals surface area contributed by atoms with Crippen molar-refractivity contribution in [3.05, 3.63) is 46.6 Å². The van der Waals surface area contributed by atoms with Crippen LogP contribution in [-0.2, 0) is 6.42 Å². The molecule has 0 spiro atoms. The molecule has 1 aliphatic heterocycles. The van der Waals surface area contributed by atoms with Crippen LogP contribution in [0.5, 0.6) is 0 Å². The molecule has 1 aliphatic rings. The molecule has 1 saturated heterocycles. The summed E-state index contributed by atoms with van der Waals surface area (Å²) in [6.07, 6.45) is 4.19. The summed E-state index contributed by atoms with van der Waals surface area (Å²) in [5.74, 6) is 1.44. The number of piperidine rings is 1. The molecule has 0 saturated carbocycles. The Kier molecular flexibility index (Phi) is 3.80. The molecule has 2 heterocycles. The number of nitrogens with zero attached hydrogens (tertiary/aromatic N) is 2. The van der Waals surface area contributed by atoms with E-state index in [2.05, 4.69) is 15.5 Å². The molecule has 100 valence electrons. The second-order valence-corrected chi connectivity index (χ2v) is 5.29. The topological polar surface area (TPSA) is 51.0 Å². The summed E-state index contributed by atoms with van der Waals surface area (Å²) in [7, 11) is 0. The Hall–Kier alpha value is -1.39. The Labute approximate surface area is 117 Å². The molecule has 5 heteroatoms. The zero-order chi connectivity index (χ0) is 13.1. The maximum atomic E-state index is 5.86. The van der Waals surface area contributed by atoms with Gasteiger partial charge in [-0.15, -0.1) is 0 Å². The molecule has 0 aliphatic carbocycles.